The van der Waals surface area contributed by atoms with Crippen LogP contribution in [-0.2, 0) is 22.5 Å². The minimum Gasteiger partial charge on any atom is -0.494 e. The molecule has 5 nitrogen and oxygen atoms in total. The van der Waals surface area contributed by atoms with Gasteiger partial charge in [0.15, 0.2) is 6.61 Å². The van der Waals surface area contributed by atoms with Crippen molar-refractivity contribution in [2.24, 2.45) is 0 Å². The van der Waals surface area contributed by atoms with Crippen LogP contribution in [0.3, 0.4) is 0 Å². The summed E-state index contributed by atoms with van der Waals surface area (Å²) in [5, 5.41) is 0. The molecule has 5 heteroatoms. The fraction of sp³-hybridized carbons (Fsp3) is 0.280. The molecule has 0 saturated carbocycles. The summed E-state index contributed by atoms with van der Waals surface area (Å²) in [4.78, 5) is 24.8. The molecule has 0 saturated heterocycles. The highest BCUT2D eigenvalue weighted by Crippen LogP contribution is 2.18. The molecule has 1 heterocycles. The highest BCUT2D eigenvalue weighted by atomic mass is 16.5. The average molecular weight is 405 g/mol. The van der Waals surface area contributed by atoms with Crippen LogP contribution in [0.1, 0.15) is 39.8 Å². The van der Waals surface area contributed by atoms with Crippen LogP contribution in [0.5, 0.6) is 5.75 Å². The summed E-state index contributed by atoms with van der Waals surface area (Å²) in [6.45, 7) is 6.85. The first-order valence-electron chi connectivity index (χ1n) is 10.1. The Morgan fingerprint density at radius 1 is 0.933 bits per heavy atom. The molecule has 156 valence electrons. The van der Waals surface area contributed by atoms with E-state index in [4.69, 9.17) is 9.47 Å². The van der Waals surface area contributed by atoms with Gasteiger partial charge in [-0.2, -0.15) is 0 Å². The van der Waals surface area contributed by atoms with Gasteiger partial charge in [-0.1, -0.05) is 42.5 Å². The van der Waals surface area contributed by atoms with E-state index >= 15 is 0 Å². The zero-order chi connectivity index (χ0) is 21.5. The Balaban J connectivity index is 1.58. The topological polar surface area (TPSA) is 57.5 Å². The Morgan fingerprint density at radius 3 is 2.30 bits per heavy atom. The molecule has 0 amide bonds. The molecule has 0 aliphatic rings. The molecule has 3 aromatic rings. The number of hydrogen-bond donors (Lipinski definition) is 0. The van der Waals surface area contributed by atoms with Gasteiger partial charge in [0, 0.05) is 23.5 Å². The van der Waals surface area contributed by atoms with E-state index in [0.29, 0.717) is 18.7 Å². The van der Waals surface area contributed by atoms with Crippen LogP contribution < -0.4 is 4.74 Å². The molecular weight excluding hydrogens is 378 g/mol. The minimum absolute atomic E-state index is 0.118. The molecule has 0 atom stereocenters. The number of nitrogens with zero attached hydrogens (tertiary/aromatic N) is 1. The summed E-state index contributed by atoms with van der Waals surface area (Å²) in [5.74, 6) is 0.142. The second-order valence-corrected chi connectivity index (χ2v) is 7.19. The number of Topliss-reactive ketones (excluding diaryl/α,β-unsaturated/α-hetero) is 1. The lowest BCUT2D eigenvalue weighted by molar-refractivity contribution is -0.141. The maximum Gasteiger partial charge on any atom is 0.310 e. The van der Waals surface area contributed by atoms with Crippen molar-refractivity contribution in [3.8, 4) is 5.75 Å². The molecule has 0 fully saturated rings. The van der Waals surface area contributed by atoms with Gasteiger partial charge in [0.05, 0.1) is 13.0 Å². The van der Waals surface area contributed by atoms with E-state index in [1.165, 1.54) is 5.56 Å². The Morgan fingerprint density at radius 2 is 1.63 bits per heavy atom. The molecule has 0 aliphatic carbocycles. The van der Waals surface area contributed by atoms with Crippen molar-refractivity contribution in [2.45, 2.75) is 33.7 Å². The lowest BCUT2D eigenvalue weighted by Gasteiger charge is -2.10. The van der Waals surface area contributed by atoms with Gasteiger partial charge in [-0.25, -0.2) is 0 Å². The van der Waals surface area contributed by atoms with Gasteiger partial charge in [0.2, 0.25) is 5.78 Å². The van der Waals surface area contributed by atoms with E-state index in [-0.39, 0.29) is 18.8 Å². The van der Waals surface area contributed by atoms with Crippen LogP contribution in [-0.4, -0.2) is 29.5 Å². The summed E-state index contributed by atoms with van der Waals surface area (Å²) in [6, 6.07) is 19.2. The first-order chi connectivity index (χ1) is 14.5. The van der Waals surface area contributed by atoms with Crippen LogP contribution in [0.4, 0.5) is 0 Å². The van der Waals surface area contributed by atoms with Crippen LogP contribution in [0.2, 0.25) is 0 Å². The van der Waals surface area contributed by atoms with Crippen molar-refractivity contribution in [1.29, 1.82) is 0 Å². The summed E-state index contributed by atoms with van der Waals surface area (Å²) in [6.07, 6.45) is 0.118. The maximum atomic E-state index is 12.6. The lowest BCUT2D eigenvalue weighted by atomic mass is 10.1. The molecule has 0 bridgehead atoms. The van der Waals surface area contributed by atoms with Gasteiger partial charge in [-0.05, 0) is 50.1 Å². The summed E-state index contributed by atoms with van der Waals surface area (Å²) in [5.41, 5.74) is 4.46. The molecule has 30 heavy (non-hydrogen) atoms. The Kier molecular flexibility index (Phi) is 7.07. The number of ether oxygens (including phenoxy) is 2. The number of aryl methyl sites for hydroxylation is 1. The third-order valence-corrected chi connectivity index (χ3v) is 5.00. The maximum absolute atomic E-state index is 12.6. The first kappa shape index (κ1) is 21.4. The molecule has 3 rings (SSSR count). The van der Waals surface area contributed by atoms with E-state index in [1.807, 2.05) is 69.3 Å². The fourth-order valence-corrected chi connectivity index (χ4v) is 3.40. The van der Waals surface area contributed by atoms with Crippen LogP contribution in [0, 0.1) is 13.8 Å². The number of hydrogen-bond acceptors (Lipinski definition) is 4. The lowest BCUT2D eigenvalue weighted by Crippen LogP contribution is -2.16. The predicted octanol–water partition coefficient (Wildman–Crippen LogP) is 4.52. The van der Waals surface area contributed by atoms with Gasteiger partial charge in [0.25, 0.3) is 0 Å². The summed E-state index contributed by atoms with van der Waals surface area (Å²) < 4.78 is 12.7. The van der Waals surface area contributed by atoms with Crippen LogP contribution in [0.15, 0.2) is 60.7 Å². The molecule has 1 aromatic heterocycles. The SMILES string of the molecule is CCOc1ccc(CC(=O)OCC(=O)c2cc(C)n(Cc3ccccc3)c2C)cc1. The van der Waals surface area contributed by atoms with Gasteiger partial charge < -0.3 is 14.0 Å². The van der Waals surface area contributed by atoms with Crippen molar-refractivity contribution in [2.75, 3.05) is 13.2 Å². The monoisotopic (exact) mass is 405 g/mol. The van der Waals surface area contributed by atoms with Crippen molar-refractivity contribution in [3.63, 3.8) is 0 Å². The van der Waals surface area contributed by atoms with Crippen molar-refractivity contribution in [1.82, 2.24) is 4.57 Å². The number of esters is 1. The summed E-state index contributed by atoms with van der Waals surface area (Å²) >= 11 is 0. The number of carbonyl (C=O) groups excluding carboxylic acids is 2. The van der Waals surface area contributed by atoms with E-state index < -0.39 is 5.97 Å². The van der Waals surface area contributed by atoms with Crippen molar-refractivity contribution < 1.29 is 19.1 Å². The molecule has 0 radical (unpaired) electrons. The number of ketones is 1. The van der Waals surface area contributed by atoms with Gasteiger partial charge in [-0.15, -0.1) is 0 Å². The highest BCUT2D eigenvalue weighted by Gasteiger charge is 2.17. The predicted molar refractivity (Wildman–Crippen MR) is 116 cm³/mol. The number of carbonyl (C=O) groups is 2. The number of benzene rings is 2. The molecule has 0 unspecified atom stereocenters. The first-order valence-corrected chi connectivity index (χ1v) is 10.1. The molecule has 0 N–H and O–H groups in total. The second-order valence-electron chi connectivity index (χ2n) is 7.19. The molecule has 0 aliphatic heterocycles. The van der Waals surface area contributed by atoms with Gasteiger partial charge in [0.1, 0.15) is 5.75 Å². The average Bonchev–Trinajstić information content (AvgIpc) is 3.03. The summed E-state index contributed by atoms with van der Waals surface area (Å²) in [7, 11) is 0. The fourth-order valence-electron chi connectivity index (χ4n) is 3.40. The van der Waals surface area contributed by atoms with E-state index in [0.717, 1.165) is 22.7 Å². The second kappa shape index (κ2) is 9.92. The van der Waals surface area contributed by atoms with Gasteiger partial charge in [-0.3, -0.25) is 9.59 Å². The minimum atomic E-state index is -0.425. The number of rotatable bonds is 9. The standard InChI is InChI=1S/C25H27NO4/c1-4-29-22-12-10-20(11-13-22)15-25(28)30-17-24(27)23-14-18(2)26(19(23)3)16-21-8-6-5-7-9-21/h5-14H,4,15-17H2,1-3H3. The third kappa shape index (κ3) is 5.38. The zero-order valence-electron chi connectivity index (χ0n) is 17.7. The van der Waals surface area contributed by atoms with Crippen LogP contribution in [0.25, 0.3) is 0 Å². The zero-order valence-corrected chi connectivity index (χ0v) is 17.7. The largest absolute Gasteiger partial charge is 0.494 e. The Bertz CT molecular complexity index is 1000. The Hall–Kier alpha value is -3.34. The number of aromatic nitrogens is 1. The van der Waals surface area contributed by atoms with E-state index in [9.17, 15) is 9.59 Å². The van der Waals surface area contributed by atoms with E-state index in [1.54, 1.807) is 0 Å². The molecule has 0 spiro atoms. The van der Waals surface area contributed by atoms with Crippen molar-refractivity contribution >= 4 is 11.8 Å². The normalized spacial score (nSPS) is 10.6. The molecule has 2 aromatic carbocycles. The smallest absolute Gasteiger partial charge is 0.310 e. The third-order valence-electron chi connectivity index (χ3n) is 5.00. The van der Waals surface area contributed by atoms with Crippen LogP contribution >= 0.6 is 0 Å². The van der Waals surface area contributed by atoms with Gasteiger partial charge >= 0.3 is 5.97 Å². The quantitative estimate of drug-likeness (QED) is 0.388. The van der Waals surface area contributed by atoms with Crippen molar-refractivity contribution in [3.05, 3.63) is 88.7 Å². The van der Waals surface area contributed by atoms with E-state index in [2.05, 4.69) is 16.7 Å². The molecular formula is C25H27NO4. The highest BCUT2D eigenvalue weighted by molar-refractivity contribution is 5.99. The Labute approximate surface area is 177 Å².